The van der Waals surface area contributed by atoms with Gasteiger partial charge in [0.25, 0.3) is 0 Å². The van der Waals surface area contributed by atoms with E-state index in [1.807, 2.05) is 48.5 Å². The number of carbonyl (C=O) groups excluding carboxylic acids is 2. The van der Waals surface area contributed by atoms with Gasteiger partial charge in [-0.1, -0.05) is 25.0 Å². The standard InChI is InChI=1S/C29H30N8O2/c38-28(18-22-9-3-5-15-30-22)32-26-13-11-24(34-36-26)20-7-1-2-8-21(17-20)25-12-14-27(37-35-25)33-29(39)19-23-10-4-6-16-31-23/h3-6,9-16,20-21H,1-2,7-8,17-19H2,(H,32,36,38)(H,33,37,39). The summed E-state index contributed by atoms with van der Waals surface area (Å²) >= 11 is 0. The molecular weight excluding hydrogens is 492 g/mol. The lowest BCUT2D eigenvalue weighted by molar-refractivity contribution is -0.116. The first kappa shape index (κ1) is 26.0. The van der Waals surface area contributed by atoms with Crippen molar-refractivity contribution in [1.82, 2.24) is 30.4 Å². The van der Waals surface area contributed by atoms with E-state index in [0.29, 0.717) is 23.0 Å². The maximum absolute atomic E-state index is 12.3. The van der Waals surface area contributed by atoms with Crippen molar-refractivity contribution >= 4 is 23.5 Å². The molecule has 0 aliphatic heterocycles. The topological polar surface area (TPSA) is 136 Å². The van der Waals surface area contributed by atoms with Gasteiger partial charge >= 0.3 is 0 Å². The summed E-state index contributed by atoms with van der Waals surface area (Å²) in [6, 6.07) is 18.5. The molecule has 0 aromatic carbocycles. The summed E-state index contributed by atoms with van der Waals surface area (Å²) in [5.74, 6) is 0.971. The first-order chi connectivity index (χ1) is 19.1. The van der Waals surface area contributed by atoms with Crippen LogP contribution in [0.5, 0.6) is 0 Å². The monoisotopic (exact) mass is 522 g/mol. The first-order valence-electron chi connectivity index (χ1n) is 13.2. The van der Waals surface area contributed by atoms with E-state index >= 15 is 0 Å². The molecule has 5 rings (SSSR count). The molecule has 10 heteroatoms. The molecule has 4 aromatic rings. The van der Waals surface area contributed by atoms with Crippen molar-refractivity contribution in [2.75, 3.05) is 10.6 Å². The number of anilines is 2. The molecule has 10 nitrogen and oxygen atoms in total. The van der Waals surface area contributed by atoms with Gasteiger partial charge in [-0.3, -0.25) is 19.6 Å². The summed E-state index contributed by atoms with van der Waals surface area (Å²) in [7, 11) is 0. The van der Waals surface area contributed by atoms with E-state index in [-0.39, 0.29) is 36.5 Å². The van der Waals surface area contributed by atoms with E-state index in [2.05, 4.69) is 41.0 Å². The number of hydrogen-bond acceptors (Lipinski definition) is 8. The van der Waals surface area contributed by atoms with Crippen molar-refractivity contribution in [2.45, 2.75) is 56.8 Å². The lowest BCUT2D eigenvalue weighted by Crippen LogP contribution is -2.17. The van der Waals surface area contributed by atoms with Gasteiger partial charge in [0.05, 0.1) is 24.2 Å². The number of pyridine rings is 2. The molecule has 2 atom stereocenters. The molecule has 0 saturated heterocycles. The zero-order valence-electron chi connectivity index (χ0n) is 21.5. The molecular formula is C29H30N8O2. The predicted octanol–water partition coefficient (Wildman–Crippen LogP) is 4.25. The maximum Gasteiger partial charge on any atom is 0.231 e. The van der Waals surface area contributed by atoms with E-state index < -0.39 is 0 Å². The highest BCUT2D eigenvalue weighted by Crippen LogP contribution is 2.38. The van der Waals surface area contributed by atoms with E-state index in [1.54, 1.807) is 24.5 Å². The van der Waals surface area contributed by atoms with Crippen LogP contribution in [0, 0.1) is 0 Å². The van der Waals surface area contributed by atoms with Crippen molar-refractivity contribution in [2.24, 2.45) is 0 Å². The highest BCUT2D eigenvalue weighted by Gasteiger charge is 2.25. The van der Waals surface area contributed by atoms with Crippen LogP contribution in [-0.2, 0) is 22.4 Å². The number of nitrogens with zero attached hydrogens (tertiary/aromatic N) is 6. The van der Waals surface area contributed by atoms with Crippen molar-refractivity contribution in [3.63, 3.8) is 0 Å². The molecule has 0 radical (unpaired) electrons. The SMILES string of the molecule is O=C(Cc1ccccn1)Nc1ccc(C2CCCCC(c3ccc(NC(=O)Cc4ccccn4)nn3)C2)nn1. The van der Waals surface area contributed by atoms with Crippen LogP contribution in [0.4, 0.5) is 11.6 Å². The maximum atomic E-state index is 12.3. The van der Waals surface area contributed by atoms with Crippen LogP contribution in [-0.4, -0.2) is 42.2 Å². The summed E-state index contributed by atoms with van der Waals surface area (Å²) in [4.78, 5) is 33.0. The number of amides is 2. The van der Waals surface area contributed by atoms with Crippen LogP contribution in [0.1, 0.15) is 66.7 Å². The van der Waals surface area contributed by atoms with Gasteiger partial charge in [0.2, 0.25) is 11.8 Å². The average molecular weight is 523 g/mol. The van der Waals surface area contributed by atoms with Crippen LogP contribution < -0.4 is 10.6 Å². The van der Waals surface area contributed by atoms with Gasteiger partial charge < -0.3 is 10.6 Å². The minimum Gasteiger partial charge on any atom is -0.309 e. The average Bonchev–Trinajstić information content (AvgIpc) is 3.21. The van der Waals surface area contributed by atoms with Gasteiger partial charge in [0, 0.05) is 35.6 Å². The lowest BCUT2D eigenvalue weighted by atomic mass is 9.88. The van der Waals surface area contributed by atoms with Gasteiger partial charge in [-0.15, -0.1) is 10.2 Å². The molecule has 39 heavy (non-hydrogen) atoms. The molecule has 4 heterocycles. The summed E-state index contributed by atoms with van der Waals surface area (Å²) in [5, 5.41) is 23.0. The fraction of sp³-hybridized carbons (Fsp3) is 0.310. The summed E-state index contributed by atoms with van der Waals surface area (Å²) in [6.45, 7) is 0. The molecule has 1 aliphatic carbocycles. The fourth-order valence-electron chi connectivity index (χ4n) is 4.86. The van der Waals surface area contributed by atoms with Crippen molar-refractivity contribution in [1.29, 1.82) is 0 Å². The smallest absolute Gasteiger partial charge is 0.231 e. The van der Waals surface area contributed by atoms with E-state index in [4.69, 9.17) is 0 Å². The molecule has 0 spiro atoms. The minimum absolute atomic E-state index is 0.180. The highest BCUT2D eigenvalue weighted by molar-refractivity contribution is 5.91. The van der Waals surface area contributed by atoms with Gasteiger partial charge in [0.1, 0.15) is 0 Å². The Morgan fingerprint density at radius 1 is 0.641 bits per heavy atom. The Balaban J connectivity index is 1.17. The summed E-state index contributed by atoms with van der Waals surface area (Å²) < 4.78 is 0. The van der Waals surface area contributed by atoms with Crippen molar-refractivity contribution in [3.05, 3.63) is 95.8 Å². The minimum atomic E-state index is -0.180. The molecule has 1 aliphatic rings. The first-order valence-corrected chi connectivity index (χ1v) is 13.2. The van der Waals surface area contributed by atoms with Gasteiger partial charge in [-0.25, -0.2) is 0 Å². The Morgan fingerprint density at radius 2 is 1.13 bits per heavy atom. The number of nitrogens with one attached hydrogen (secondary N) is 2. The second-order valence-electron chi connectivity index (χ2n) is 9.69. The van der Waals surface area contributed by atoms with Crippen LogP contribution >= 0.6 is 0 Å². The Kier molecular flexibility index (Phi) is 8.52. The fourth-order valence-corrected chi connectivity index (χ4v) is 4.86. The normalized spacial score (nSPS) is 17.1. The largest absolute Gasteiger partial charge is 0.309 e. The number of carbonyl (C=O) groups is 2. The van der Waals surface area contributed by atoms with Crippen molar-refractivity contribution in [3.8, 4) is 0 Å². The quantitative estimate of drug-likeness (QED) is 0.328. The second kappa shape index (κ2) is 12.8. The Morgan fingerprint density at radius 3 is 1.51 bits per heavy atom. The third-order valence-corrected chi connectivity index (χ3v) is 6.80. The molecule has 2 unspecified atom stereocenters. The Bertz CT molecular complexity index is 1260. The number of hydrogen-bond donors (Lipinski definition) is 2. The zero-order chi connectivity index (χ0) is 26.9. The summed E-state index contributed by atoms with van der Waals surface area (Å²) in [5.41, 5.74) is 3.23. The lowest BCUT2D eigenvalue weighted by Gasteiger charge is -2.19. The summed E-state index contributed by atoms with van der Waals surface area (Å²) in [6.07, 6.45) is 8.82. The van der Waals surface area contributed by atoms with Gasteiger partial charge in [-0.05, 0) is 67.8 Å². The van der Waals surface area contributed by atoms with Gasteiger partial charge in [-0.2, -0.15) is 10.2 Å². The van der Waals surface area contributed by atoms with Gasteiger partial charge in [0.15, 0.2) is 11.6 Å². The predicted molar refractivity (Wildman–Crippen MR) is 146 cm³/mol. The zero-order valence-corrected chi connectivity index (χ0v) is 21.5. The third kappa shape index (κ3) is 7.47. The number of rotatable bonds is 8. The molecule has 2 amide bonds. The highest BCUT2D eigenvalue weighted by atomic mass is 16.2. The Hall–Kier alpha value is -4.60. The molecule has 4 aromatic heterocycles. The van der Waals surface area contributed by atoms with Crippen molar-refractivity contribution < 1.29 is 9.59 Å². The Labute approximate surface area is 226 Å². The van der Waals surface area contributed by atoms with Crippen LogP contribution in [0.15, 0.2) is 73.1 Å². The molecule has 198 valence electrons. The van der Waals surface area contributed by atoms with E-state index in [1.165, 1.54) is 0 Å². The molecule has 2 N–H and O–H groups in total. The molecule has 0 bridgehead atoms. The second-order valence-corrected chi connectivity index (χ2v) is 9.69. The van der Waals surface area contributed by atoms with Crippen LogP contribution in [0.3, 0.4) is 0 Å². The van der Waals surface area contributed by atoms with Crippen LogP contribution in [0.25, 0.3) is 0 Å². The molecule has 1 saturated carbocycles. The van der Waals surface area contributed by atoms with E-state index in [0.717, 1.165) is 43.5 Å². The third-order valence-electron chi connectivity index (χ3n) is 6.80. The van der Waals surface area contributed by atoms with Crippen LogP contribution in [0.2, 0.25) is 0 Å². The number of aromatic nitrogens is 6. The van der Waals surface area contributed by atoms with E-state index in [9.17, 15) is 9.59 Å². The molecule has 1 fully saturated rings.